The fourth-order valence-electron chi connectivity index (χ4n) is 2.75. The molecule has 2 heterocycles. The molecule has 2 aromatic heterocycles. The van der Waals surface area contributed by atoms with Gasteiger partial charge in [-0.15, -0.1) is 12.4 Å². The van der Waals surface area contributed by atoms with Crippen LogP contribution in [0.15, 0.2) is 18.6 Å². The Labute approximate surface area is 137 Å². The molecule has 7 heteroatoms. The van der Waals surface area contributed by atoms with E-state index in [0.29, 0.717) is 5.95 Å². The summed E-state index contributed by atoms with van der Waals surface area (Å²) in [6.07, 6.45) is 10.9. The Kier molecular flexibility index (Phi) is 5.60. The summed E-state index contributed by atoms with van der Waals surface area (Å²) in [6.45, 7) is 3.04. The molecule has 0 amide bonds. The number of halogens is 1. The van der Waals surface area contributed by atoms with Crippen LogP contribution in [-0.4, -0.2) is 26.3 Å². The van der Waals surface area contributed by atoms with Gasteiger partial charge in [-0.2, -0.15) is 10.1 Å². The first-order valence-corrected chi connectivity index (χ1v) is 7.54. The van der Waals surface area contributed by atoms with Crippen molar-refractivity contribution < 1.29 is 0 Å². The second-order valence-corrected chi connectivity index (χ2v) is 5.78. The second kappa shape index (κ2) is 7.45. The predicted octanol–water partition coefficient (Wildman–Crippen LogP) is 3.29. The largest absolute Gasteiger partial charge is 0.369 e. The van der Waals surface area contributed by atoms with Gasteiger partial charge in [0.2, 0.25) is 5.95 Å². The minimum absolute atomic E-state index is 0. The van der Waals surface area contributed by atoms with Crippen LogP contribution in [0.4, 0.5) is 17.5 Å². The maximum atomic E-state index is 4.57. The van der Waals surface area contributed by atoms with Gasteiger partial charge >= 0.3 is 0 Å². The van der Waals surface area contributed by atoms with Crippen LogP contribution in [0.5, 0.6) is 0 Å². The third-order valence-electron chi connectivity index (χ3n) is 3.97. The lowest BCUT2D eigenvalue weighted by Crippen LogP contribution is -2.13. The van der Waals surface area contributed by atoms with Gasteiger partial charge in [0, 0.05) is 31.5 Å². The van der Waals surface area contributed by atoms with Crippen LogP contribution in [0.2, 0.25) is 0 Å². The van der Waals surface area contributed by atoms with Gasteiger partial charge in [-0.1, -0.05) is 12.8 Å². The summed E-state index contributed by atoms with van der Waals surface area (Å²) in [4.78, 5) is 8.89. The second-order valence-electron chi connectivity index (χ2n) is 5.78. The number of nitrogens with one attached hydrogen (secondary N) is 2. The molecule has 120 valence electrons. The molecule has 6 nitrogen and oxygen atoms in total. The summed E-state index contributed by atoms with van der Waals surface area (Å²) in [6, 6.07) is 0. The Morgan fingerprint density at radius 1 is 1.27 bits per heavy atom. The molecule has 3 rings (SSSR count). The Morgan fingerprint density at radius 3 is 2.73 bits per heavy atom. The van der Waals surface area contributed by atoms with Gasteiger partial charge in [0.15, 0.2) is 0 Å². The topological polar surface area (TPSA) is 67.7 Å². The number of aromatic nitrogens is 4. The minimum Gasteiger partial charge on any atom is -0.369 e. The zero-order chi connectivity index (χ0) is 14.7. The van der Waals surface area contributed by atoms with E-state index >= 15 is 0 Å². The third-order valence-corrected chi connectivity index (χ3v) is 3.97. The number of aryl methyl sites for hydroxylation is 2. The summed E-state index contributed by atoms with van der Waals surface area (Å²) in [7, 11) is 1.88. The number of hydrogen-bond donors (Lipinski definition) is 2. The maximum Gasteiger partial charge on any atom is 0.229 e. The molecule has 22 heavy (non-hydrogen) atoms. The molecule has 0 atom stereocenters. The van der Waals surface area contributed by atoms with Crippen LogP contribution >= 0.6 is 12.4 Å². The zero-order valence-electron chi connectivity index (χ0n) is 13.0. The normalized spacial score (nSPS) is 14.6. The summed E-state index contributed by atoms with van der Waals surface area (Å²) < 4.78 is 1.75. The van der Waals surface area contributed by atoms with Crippen molar-refractivity contribution in [2.45, 2.75) is 32.6 Å². The maximum absolute atomic E-state index is 4.57. The molecule has 0 bridgehead atoms. The van der Waals surface area contributed by atoms with Crippen molar-refractivity contribution in [3.05, 3.63) is 24.2 Å². The van der Waals surface area contributed by atoms with E-state index in [1.165, 1.54) is 25.7 Å². The van der Waals surface area contributed by atoms with Crippen molar-refractivity contribution in [2.24, 2.45) is 13.0 Å². The van der Waals surface area contributed by atoms with Crippen molar-refractivity contribution in [2.75, 3.05) is 17.2 Å². The molecule has 1 aliphatic rings. The molecule has 1 aliphatic carbocycles. The molecular formula is C15H23ClN6. The number of nitrogens with zero attached hydrogens (tertiary/aromatic N) is 4. The first-order chi connectivity index (χ1) is 10.2. The van der Waals surface area contributed by atoms with Crippen LogP contribution in [0.25, 0.3) is 0 Å². The fraction of sp³-hybridized carbons (Fsp3) is 0.533. The van der Waals surface area contributed by atoms with E-state index < -0.39 is 0 Å². The molecule has 0 radical (unpaired) electrons. The lowest BCUT2D eigenvalue weighted by atomic mass is 10.1. The molecule has 1 saturated carbocycles. The SMILES string of the molecule is Cc1cnc(Nc2cnn(C)c2)nc1NCC1CCCC1.Cl. The van der Waals surface area contributed by atoms with Crippen LogP contribution in [-0.2, 0) is 7.05 Å². The first-order valence-electron chi connectivity index (χ1n) is 7.54. The van der Waals surface area contributed by atoms with Crippen LogP contribution in [0, 0.1) is 12.8 Å². The van der Waals surface area contributed by atoms with Crippen molar-refractivity contribution >= 4 is 29.9 Å². The van der Waals surface area contributed by atoms with Crippen LogP contribution < -0.4 is 10.6 Å². The molecule has 0 aromatic carbocycles. The Balaban J connectivity index is 0.00000176. The fourth-order valence-corrected chi connectivity index (χ4v) is 2.75. The van der Waals surface area contributed by atoms with Gasteiger partial charge < -0.3 is 10.6 Å². The zero-order valence-corrected chi connectivity index (χ0v) is 13.9. The quantitative estimate of drug-likeness (QED) is 0.884. The van der Waals surface area contributed by atoms with Crippen molar-refractivity contribution in [1.82, 2.24) is 19.7 Å². The van der Waals surface area contributed by atoms with E-state index in [0.717, 1.165) is 29.5 Å². The highest BCUT2D eigenvalue weighted by Gasteiger charge is 2.15. The van der Waals surface area contributed by atoms with Crippen LogP contribution in [0.3, 0.4) is 0 Å². The molecular weight excluding hydrogens is 300 g/mol. The van der Waals surface area contributed by atoms with E-state index in [9.17, 15) is 0 Å². The van der Waals surface area contributed by atoms with Crippen molar-refractivity contribution in [3.8, 4) is 0 Å². The van der Waals surface area contributed by atoms with Gasteiger partial charge in [0.1, 0.15) is 5.82 Å². The number of anilines is 3. The van der Waals surface area contributed by atoms with E-state index in [1.807, 2.05) is 26.4 Å². The molecule has 0 aliphatic heterocycles. The smallest absolute Gasteiger partial charge is 0.229 e. The van der Waals surface area contributed by atoms with E-state index in [-0.39, 0.29) is 12.4 Å². The van der Waals surface area contributed by atoms with Gasteiger partial charge in [-0.25, -0.2) is 4.98 Å². The van der Waals surface area contributed by atoms with E-state index in [4.69, 9.17) is 0 Å². The Morgan fingerprint density at radius 2 is 2.05 bits per heavy atom. The number of rotatable bonds is 5. The summed E-state index contributed by atoms with van der Waals surface area (Å²) >= 11 is 0. The predicted molar refractivity (Wildman–Crippen MR) is 91.0 cm³/mol. The van der Waals surface area contributed by atoms with Gasteiger partial charge in [-0.05, 0) is 25.7 Å². The lowest BCUT2D eigenvalue weighted by Gasteiger charge is -2.13. The first kappa shape index (κ1) is 16.5. The molecule has 2 N–H and O–H groups in total. The van der Waals surface area contributed by atoms with Crippen molar-refractivity contribution in [1.29, 1.82) is 0 Å². The molecule has 0 saturated heterocycles. The average Bonchev–Trinajstić information content (AvgIpc) is 3.11. The highest BCUT2D eigenvalue weighted by Crippen LogP contribution is 2.25. The molecule has 2 aromatic rings. The third kappa shape index (κ3) is 4.10. The Bertz CT molecular complexity index is 606. The van der Waals surface area contributed by atoms with E-state index in [1.54, 1.807) is 10.9 Å². The minimum atomic E-state index is 0. The van der Waals surface area contributed by atoms with Gasteiger partial charge in [0.05, 0.1) is 11.9 Å². The van der Waals surface area contributed by atoms with E-state index in [2.05, 4.69) is 25.7 Å². The Hall–Kier alpha value is -1.82. The highest BCUT2D eigenvalue weighted by atomic mass is 35.5. The highest BCUT2D eigenvalue weighted by molar-refractivity contribution is 5.85. The summed E-state index contributed by atoms with van der Waals surface area (Å²) in [5.74, 6) is 2.31. The average molecular weight is 323 g/mol. The number of hydrogen-bond acceptors (Lipinski definition) is 5. The van der Waals surface area contributed by atoms with Crippen molar-refractivity contribution in [3.63, 3.8) is 0 Å². The molecule has 0 unspecified atom stereocenters. The van der Waals surface area contributed by atoms with Gasteiger partial charge in [0.25, 0.3) is 0 Å². The molecule has 1 fully saturated rings. The van der Waals surface area contributed by atoms with Crippen LogP contribution in [0.1, 0.15) is 31.2 Å². The molecule has 0 spiro atoms. The summed E-state index contributed by atoms with van der Waals surface area (Å²) in [5.41, 5.74) is 1.97. The lowest BCUT2D eigenvalue weighted by molar-refractivity contribution is 0.578. The monoisotopic (exact) mass is 322 g/mol. The van der Waals surface area contributed by atoms with Gasteiger partial charge in [-0.3, -0.25) is 4.68 Å². The standard InChI is InChI=1S/C15H22N6.ClH/c1-11-7-17-15(19-13-9-18-21(2)10-13)20-14(11)16-8-12-5-3-4-6-12;/h7,9-10,12H,3-6,8H2,1-2H3,(H2,16,17,19,20);1H. The summed E-state index contributed by atoms with van der Waals surface area (Å²) in [5, 5.41) is 10.8.